The third-order valence-electron chi connectivity index (χ3n) is 4.90. The van der Waals surface area contributed by atoms with Crippen molar-refractivity contribution in [2.24, 2.45) is 0 Å². The summed E-state index contributed by atoms with van der Waals surface area (Å²) in [6, 6.07) is 12.8. The molecule has 1 aliphatic rings. The second-order valence-corrected chi connectivity index (χ2v) is 6.51. The van der Waals surface area contributed by atoms with Crippen LogP contribution >= 0.6 is 0 Å². The highest BCUT2D eigenvalue weighted by molar-refractivity contribution is 5.88. The van der Waals surface area contributed by atoms with Crippen LogP contribution in [0.3, 0.4) is 0 Å². The lowest BCUT2D eigenvalue weighted by Gasteiger charge is -2.39. The van der Waals surface area contributed by atoms with Gasteiger partial charge in [0.05, 0.1) is 12.0 Å². The Labute approximate surface area is 146 Å². The zero-order valence-electron chi connectivity index (χ0n) is 14.2. The van der Waals surface area contributed by atoms with Crippen molar-refractivity contribution in [2.75, 3.05) is 20.1 Å². The van der Waals surface area contributed by atoms with E-state index in [1.807, 2.05) is 30.3 Å². The quantitative estimate of drug-likeness (QED) is 0.871. The molecule has 0 saturated carbocycles. The van der Waals surface area contributed by atoms with Crippen molar-refractivity contribution in [3.8, 4) is 0 Å². The Morgan fingerprint density at radius 1 is 1.16 bits per heavy atom. The number of hydrogen-bond donors (Lipinski definition) is 2. The molecule has 0 radical (unpaired) electrons. The number of carbonyl (C=O) groups excluding carboxylic acids is 1. The van der Waals surface area contributed by atoms with E-state index in [4.69, 9.17) is 9.52 Å². The Kier molecular flexibility index (Phi) is 4.90. The van der Waals surface area contributed by atoms with Crippen LogP contribution in [-0.4, -0.2) is 42.0 Å². The molecule has 1 saturated heterocycles. The molecule has 1 aromatic carbocycles. The number of amides is 1. The normalized spacial score (nSPS) is 17.2. The van der Waals surface area contributed by atoms with Crippen molar-refractivity contribution in [2.45, 2.75) is 24.8 Å². The SMILES string of the molecule is CN1CCC(C(=O)NCc2ccc(C(=O)O)o2)(c2ccccc2)CC1. The number of piperidine rings is 1. The molecule has 1 aliphatic heterocycles. The summed E-state index contributed by atoms with van der Waals surface area (Å²) in [6.45, 7) is 1.88. The summed E-state index contributed by atoms with van der Waals surface area (Å²) >= 11 is 0. The van der Waals surface area contributed by atoms with Gasteiger partial charge in [-0.1, -0.05) is 30.3 Å². The van der Waals surface area contributed by atoms with Crippen LogP contribution in [0.2, 0.25) is 0 Å². The first-order chi connectivity index (χ1) is 12.0. The van der Waals surface area contributed by atoms with Crippen LogP contribution in [0.4, 0.5) is 0 Å². The maximum atomic E-state index is 13.1. The highest BCUT2D eigenvalue weighted by atomic mass is 16.4. The number of nitrogens with zero attached hydrogens (tertiary/aromatic N) is 1. The highest BCUT2D eigenvalue weighted by Crippen LogP contribution is 2.35. The monoisotopic (exact) mass is 342 g/mol. The maximum absolute atomic E-state index is 13.1. The molecule has 0 unspecified atom stereocenters. The van der Waals surface area contributed by atoms with Crippen molar-refractivity contribution in [3.63, 3.8) is 0 Å². The average Bonchev–Trinajstić information content (AvgIpc) is 3.11. The summed E-state index contributed by atoms with van der Waals surface area (Å²) in [4.78, 5) is 26.2. The van der Waals surface area contributed by atoms with Crippen LogP contribution in [0.1, 0.15) is 34.7 Å². The van der Waals surface area contributed by atoms with E-state index in [1.165, 1.54) is 6.07 Å². The molecule has 1 aromatic heterocycles. The first-order valence-electron chi connectivity index (χ1n) is 8.36. The molecular weight excluding hydrogens is 320 g/mol. The molecule has 2 N–H and O–H groups in total. The van der Waals surface area contributed by atoms with Crippen LogP contribution in [0.25, 0.3) is 0 Å². The number of nitrogens with one attached hydrogen (secondary N) is 1. The van der Waals surface area contributed by atoms with Crippen LogP contribution in [0.5, 0.6) is 0 Å². The third kappa shape index (κ3) is 3.58. The molecule has 25 heavy (non-hydrogen) atoms. The summed E-state index contributed by atoms with van der Waals surface area (Å²) in [5.41, 5.74) is 0.460. The minimum Gasteiger partial charge on any atom is -0.475 e. The predicted molar refractivity (Wildman–Crippen MR) is 92.4 cm³/mol. The Morgan fingerprint density at radius 2 is 1.84 bits per heavy atom. The van der Waals surface area contributed by atoms with Crippen LogP contribution in [0, 0.1) is 0 Å². The molecule has 1 amide bonds. The van der Waals surface area contributed by atoms with E-state index in [9.17, 15) is 9.59 Å². The fraction of sp³-hybridized carbons (Fsp3) is 0.368. The van der Waals surface area contributed by atoms with E-state index >= 15 is 0 Å². The van der Waals surface area contributed by atoms with Crippen molar-refractivity contribution in [1.82, 2.24) is 10.2 Å². The fourth-order valence-electron chi connectivity index (χ4n) is 3.33. The number of benzene rings is 1. The van der Waals surface area contributed by atoms with Gasteiger partial charge in [0.2, 0.25) is 11.7 Å². The number of hydrogen-bond acceptors (Lipinski definition) is 4. The summed E-state index contributed by atoms with van der Waals surface area (Å²) < 4.78 is 5.22. The van der Waals surface area contributed by atoms with Crippen LogP contribution < -0.4 is 5.32 Å². The van der Waals surface area contributed by atoms with Gasteiger partial charge in [0, 0.05) is 0 Å². The topological polar surface area (TPSA) is 82.8 Å². The van der Waals surface area contributed by atoms with Gasteiger partial charge in [0.1, 0.15) is 5.76 Å². The standard InChI is InChI=1S/C19H22N2O4/c1-21-11-9-19(10-12-21,14-5-3-2-4-6-14)18(24)20-13-15-7-8-16(25-15)17(22)23/h2-8H,9-13H2,1H3,(H,20,24)(H,22,23). The van der Waals surface area contributed by atoms with Gasteiger partial charge >= 0.3 is 5.97 Å². The summed E-state index contributed by atoms with van der Waals surface area (Å²) in [5.74, 6) is -0.850. The van der Waals surface area contributed by atoms with Gasteiger partial charge in [-0.2, -0.15) is 0 Å². The minimum atomic E-state index is -1.12. The summed E-state index contributed by atoms with van der Waals surface area (Å²) in [6.07, 6.45) is 1.50. The molecule has 0 atom stereocenters. The van der Waals surface area contributed by atoms with Crippen LogP contribution in [0.15, 0.2) is 46.9 Å². The van der Waals surface area contributed by atoms with Crippen molar-refractivity contribution in [1.29, 1.82) is 0 Å². The zero-order valence-corrected chi connectivity index (χ0v) is 14.2. The molecule has 6 nitrogen and oxygen atoms in total. The Bertz CT molecular complexity index is 746. The lowest BCUT2D eigenvalue weighted by Crippen LogP contribution is -2.50. The first kappa shape index (κ1) is 17.2. The molecule has 132 valence electrons. The third-order valence-corrected chi connectivity index (χ3v) is 4.90. The molecule has 6 heteroatoms. The Morgan fingerprint density at radius 3 is 2.44 bits per heavy atom. The minimum absolute atomic E-state index is 0.0416. The van der Waals surface area contributed by atoms with E-state index in [0.29, 0.717) is 5.76 Å². The van der Waals surface area contributed by atoms with E-state index in [-0.39, 0.29) is 18.2 Å². The van der Waals surface area contributed by atoms with Gasteiger partial charge in [-0.25, -0.2) is 4.79 Å². The van der Waals surface area contributed by atoms with Gasteiger partial charge in [-0.3, -0.25) is 4.79 Å². The van der Waals surface area contributed by atoms with Gasteiger partial charge in [-0.05, 0) is 50.7 Å². The van der Waals surface area contributed by atoms with E-state index < -0.39 is 11.4 Å². The molecule has 0 bridgehead atoms. The zero-order chi connectivity index (χ0) is 17.9. The summed E-state index contributed by atoms with van der Waals surface area (Å²) in [7, 11) is 2.06. The van der Waals surface area contributed by atoms with Gasteiger partial charge < -0.3 is 19.7 Å². The van der Waals surface area contributed by atoms with E-state index in [0.717, 1.165) is 31.5 Å². The maximum Gasteiger partial charge on any atom is 0.371 e. The van der Waals surface area contributed by atoms with Crippen molar-refractivity contribution < 1.29 is 19.1 Å². The molecule has 1 fully saturated rings. The second kappa shape index (κ2) is 7.11. The molecule has 0 aliphatic carbocycles. The Hall–Kier alpha value is -2.60. The highest BCUT2D eigenvalue weighted by Gasteiger charge is 2.42. The Balaban J connectivity index is 1.76. The lowest BCUT2D eigenvalue weighted by atomic mass is 9.72. The number of likely N-dealkylation sites (tertiary alicyclic amines) is 1. The van der Waals surface area contributed by atoms with E-state index in [1.54, 1.807) is 6.07 Å². The number of carboxylic acid groups (broad SMARTS) is 1. The largest absolute Gasteiger partial charge is 0.475 e. The number of aromatic carboxylic acids is 1. The first-order valence-corrected chi connectivity index (χ1v) is 8.36. The number of furan rings is 1. The van der Waals surface area contributed by atoms with Gasteiger partial charge in [0.25, 0.3) is 0 Å². The fourth-order valence-corrected chi connectivity index (χ4v) is 3.33. The lowest BCUT2D eigenvalue weighted by molar-refractivity contribution is -0.128. The number of rotatable bonds is 5. The van der Waals surface area contributed by atoms with Gasteiger partial charge in [0.15, 0.2) is 0 Å². The van der Waals surface area contributed by atoms with Crippen molar-refractivity contribution >= 4 is 11.9 Å². The predicted octanol–water partition coefficient (Wildman–Crippen LogP) is 2.26. The number of carbonyl (C=O) groups is 2. The second-order valence-electron chi connectivity index (χ2n) is 6.51. The smallest absolute Gasteiger partial charge is 0.371 e. The average molecular weight is 342 g/mol. The molecule has 2 aromatic rings. The molecule has 3 rings (SSSR count). The molecule has 0 spiro atoms. The summed E-state index contributed by atoms with van der Waals surface area (Å²) in [5, 5.41) is 11.8. The molecular formula is C19H22N2O4. The molecule has 2 heterocycles. The van der Waals surface area contributed by atoms with Gasteiger partial charge in [-0.15, -0.1) is 0 Å². The number of carboxylic acids is 1. The van der Waals surface area contributed by atoms with Crippen LogP contribution in [-0.2, 0) is 16.8 Å². The van der Waals surface area contributed by atoms with E-state index in [2.05, 4.69) is 17.3 Å². The van der Waals surface area contributed by atoms with Crippen molar-refractivity contribution in [3.05, 3.63) is 59.5 Å².